The Morgan fingerprint density at radius 3 is 0.922 bits per heavy atom. The highest BCUT2D eigenvalue weighted by Crippen LogP contribution is 2.47. The molecule has 21 rings (SSSR count). The van der Waals surface area contributed by atoms with Gasteiger partial charge < -0.3 is 72.1 Å². The van der Waals surface area contributed by atoms with Crippen LogP contribution in [0.3, 0.4) is 0 Å². The quantitative estimate of drug-likeness (QED) is 0.0259. The summed E-state index contributed by atoms with van der Waals surface area (Å²) in [6.45, 7) is 13.9. The van der Waals surface area contributed by atoms with Gasteiger partial charge in [-0.05, 0) is 332 Å². The zero-order valence-electron chi connectivity index (χ0n) is 79.4. The first kappa shape index (κ1) is 98.7. The van der Waals surface area contributed by atoms with E-state index in [1.807, 2.05) is 57.2 Å². The van der Waals surface area contributed by atoms with E-state index < -0.39 is 59.2 Å². The Balaban J connectivity index is 0.000000124. The van der Waals surface area contributed by atoms with Crippen molar-refractivity contribution in [2.45, 2.75) is 227 Å². The maximum Gasteiger partial charge on any atom is 0.390 e. The maximum atomic E-state index is 14.8. The Morgan fingerprint density at radius 1 is 0.355 bits per heavy atom. The van der Waals surface area contributed by atoms with Crippen LogP contribution in [0, 0.1) is 82.7 Å². The summed E-state index contributed by atoms with van der Waals surface area (Å²) in [6.07, 6.45) is 28.7. The highest BCUT2D eigenvalue weighted by Gasteiger charge is 2.43. The SMILES string of the molecule is CC(O)(C#Cc1cc2c(cn1)c(C1CCN(C3CC3)CC1)cn2-c1ccnc(N)n1)C1CC1.CC(O)(C#Cc1cc2c(cn1)c(C1CCN(CCC(F)(F)F)CC1)cn2-c1ccnc(N)n1)C1CC1.CC(O)(C#Cc1cc2c(cn1)c(C1CCN(CCC(F)(F)F)CC1)cn2-c1nc(N)ncc1F)C1CC1.CC(O)(C#Cc1cc2c(cn1)c(C1CCN(CCCF)CC1)cn2-c1nc(N)ncc1F)C1CC1. The fourth-order valence-corrected chi connectivity index (χ4v) is 20.0. The van der Waals surface area contributed by atoms with Crippen LogP contribution in [-0.2, 0) is 0 Å². The summed E-state index contributed by atoms with van der Waals surface area (Å²) in [7, 11) is 0. The Morgan fingerprint density at radius 2 is 0.638 bits per heavy atom. The second-order valence-corrected chi connectivity index (χ2v) is 39.9. The van der Waals surface area contributed by atoms with Gasteiger partial charge in [0.25, 0.3) is 0 Å². The van der Waals surface area contributed by atoms with Gasteiger partial charge in [-0.25, -0.2) is 48.7 Å². The normalized spacial score (nSPS) is 19.6. The van der Waals surface area contributed by atoms with Crippen molar-refractivity contribution in [2.24, 2.45) is 23.7 Å². The average Bonchev–Trinajstić information content (AvgIpc) is 1.62. The summed E-state index contributed by atoms with van der Waals surface area (Å²) in [6, 6.07) is 11.9. The molecule has 0 bridgehead atoms. The van der Waals surface area contributed by atoms with Gasteiger partial charge in [0, 0.05) is 109 Å². The highest BCUT2D eigenvalue weighted by atomic mass is 19.4. The number of anilines is 4. The van der Waals surface area contributed by atoms with E-state index in [1.54, 1.807) is 86.1 Å². The van der Waals surface area contributed by atoms with Gasteiger partial charge in [0.15, 0.2) is 23.3 Å². The molecule has 37 heteroatoms. The minimum atomic E-state index is -4.17. The van der Waals surface area contributed by atoms with E-state index in [-0.39, 0.29) is 96.6 Å². The second-order valence-electron chi connectivity index (χ2n) is 39.9. The molecule has 4 unspecified atom stereocenters. The standard InChI is InChI=1S/C26H28F4N6O.C26H29F3N6O.C26H30F2N6O.C26H30N6O/c1-25(37,17-2-3-17)7-4-18-12-22-19(13-32-18)20(15-36(22)23-21(27)14-33-24(31)34-23)16-5-9-35(10-6-16)11-8-26(28,29)30;1-25(36,18-2-3-18)8-4-19-14-22-20(15-32-19)21(16-35(22)23-5-10-31-24(30)33-23)17-6-11-34(12-7-17)13-9-26(27,28)29;1-26(35,18-3-4-18)8-5-19-13-23-20(14-30-19)21(17-6-11-33(12-7-17)10-2-9-27)16-34(23)24-22(28)15-31-25(29)32-24;1-26(33,18-2-3-18)10-6-19-14-23-21(15-29-19)22(16-32(23)24-7-11-28-25(27)30-24)17-8-12-31(13-9-17)20-4-5-20/h12-17,37H,2-3,5-6,8-11H2,1H3,(H2,31,33,34);5,10,14-18,36H,2-3,6-7,9,11-13H2,1H3,(H2,30,31,33);13-18,35H,2-4,6-7,9-12H2,1H3,(H2,29,31,32);7,11,14-18,20,33H,2-5,8-9,12-13H2,1H3,(H2,27,28,30). The summed E-state index contributed by atoms with van der Waals surface area (Å²) in [5, 5.41) is 46.0. The Labute approximate surface area is 811 Å². The molecule has 0 radical (unpaired) electrons. The Kier molecular flexibility index (Phi) is 28.6. The number of nitrogens with zero attached hydrogens (tertiary/aromatic N) is 20. The number of nitrogen functional groups attached to an aromatic ring is 4. The first-order valence-electron chi connectivity index (χ1n) is 48.8. The zero-order chi connectivity index (χ0) is 99.0. The predicted molar refractivity (Wildman–Crippen MR) is 519 cm³/mol. The van der Waals surface area contributed by atoms with Crippen molar-refractivity contribution in [1.29, 1.82) is 0 Å². The van der Waals surface area contributed by atoms with Crippen LogP contribution in [0.5, 0.6) is 0 Å². The zero-order valence-corrected chi connectivity index (χ0v) is 79.4. The van der Waals surface area contributed by atoms with Crippen LogP contribution in [-0.4, -0.2) is 238 Å². The van der Waals surface area contributed by atoms with Gasteiger partial charge in [0.05, 0.1) is 54.0 Å². The number of aliphatic hydroxyl groups is 4. The van der Waals surface area contributed by atoms with Crippen LogP contribution in [0.2, 0.25) is 0 Å². The predicted octanol–water partition coefficient (Wildman–Crippen LogP) is 15.1. The van der Waals surface area contributed by atoms with Gasteiger partial charge in [-0.1, -0.05) is 23.7 Å². The van der Waals surface area contributed by atoms with Crippen LogP contribution in [0.4, 0.5) is 63.3 Å². The Hall–Kier alpha value is -12.4. The number of halogens is 9. The van der Waals surface area contributed by atoms with E-state index in [2.05, 4.69) is 128 Å². The lowest BCUT2D eigenvalue weighted by molar-refractivity contribution is -0.139. The van der Waals surface area contributed by atoms with E-state index in [9.17, 15) is 59.9 Å². The Bertz CT molecular complexity index is 6830. The summed E-state index contributed by atoms with van der Waals surface area (Å²) in [5.74, 6) is 26.3. The summed E-state index contributed by atoms with van der Waals surface area (Å²) in [5.41, 5.74) is 28.8. The van der Waals surface area contributed by atoms with E-state index in [1.165, 1.54) is 18.4 Å². The van der Waals surface area contributed by atoms with Crippen molar-refractivity contribution in [3.8, 4) is 70.6 Å². The molecular weight excluding hydrogens is 1820 g/mol. The van der Waals surface area contributed by atoms with Gasteiger partial charge >= 0.3 is 12.4 Å². The number of hydrogen-bond donors (Lipinski definition) is 8. The fourth-order valence-electron chi connectivity index (χ4n) is 20.0. The van der Waals surface area contributed by atoms with Crippen LogP contribution in [0.15, 0.2) is 111 Å². The number of fused-ring (bicyclic) bond motifs is 4. The van der Waals surface area contributed by atoms with Crippen LogP contribution in [0.1, 0.15) is 231 Å². The topological polar surface area (TPSA) is 372 Å². The number of piperidine rings is 4. The molecule has 4 aliphatic heterocycles. The lowest BCUT2D eigenvalue weighted by Gasteiger charge is -2.32. The van der Waals surface area contributed by atoms with Crippen molar-refractivity contribution < 1.29 is 59.9 Å². The third-order valence-corrected chi connectivity index (χ3v) is 29.1. The van der Waals surface area contributed by atoms with Crippen LogP contribution in [0.25, 0.3) is 66.9 Å². The molecule has 4 atom stereocenters. The smallest absolute Gasteiger partial charge is 0.378 e. The molecule has 12 aromatic heterocycles. The van der Waals surface area contributed by atoms with Crippen molar-refractivity contribution in [3.05, 3.63) is 167 Å². The molecule has 0 spiro atoms. The largest absolute Gasteiger partial charge is 0.390 e. The lowest BCUT2D eigenvalue weighted by atomic mass is 9.89. The van der Waals surface area contributed by atoms with Gasteiger partial charge in [0.2, 0.25) is 23.8 Å². The molecule has 12 aromatic rings. The molecule has 9 aliphatic rings. The first-order chi connectivity index (χ1) is 67.4. The van der Waals surface area contributed by atoms with Crippen LogP contribution < -0.4 is 22.9 Å². The molecule has 5 aliphatic carbocycles. The molecule has 740 valence electrons. The minimum Gasteiger partial charge on any atom is -0.378 e. The third-order valence-electron chi connectivity index (χ3n) is 29.1. The summed E-state index contributed by atoms with van der Waals surface area (Å²) < 4.78 is 125. The van der Waals surface area contributed by atoms with E-state index >= 15 is 0 Å². The number of nitrogens with two attached hydrogens (primary N) is 4. The van der Waals surface area contributed by atoms with E-state index in [0.29, 0.717) is 85.5 Å². The monoisotopic (exact) mass is 1940 g/mol. The van der Waals surface area contributed by atoms with Gasteiger partial charge in [-0.2, -0.15) is 46.3 Å². The number of hydrogen-bond acceptors (Lipinski definition) is 24. The molecule has 9 fully saturated rings. The number of alkyl halides is 7. The number of aromatic nitrogens is 16. The van der Waals surface area contributed by atoms with Crippen LogP contribution >= 0.6 is 0 Å². The average molecular weight is 1940 g/mol. The van der Waals surface area contributed by atoms with Crippen molar-refractivity contribution in [1.82, 2.24) is 97.7 Å². The first-order valence-corrected chi connectivity index (χ1v) is 48.8. The summed E-state index contributed by atoms with van der Waals surface area (Å²) in [4.78, 5) is 59.5. The molecule has 141 heavy (non-hydrogen) atoms. The fraction of sp³-hybridized carbons (Fsp3) is 0.500. The maximum absolute atomic E-state index is 14.8. The molecule has 0 amide bonds. The number of rotatable bonds is 20. The van der Waals surface area contributed by atoms with E-state index in [0.717, 1.165) is 202 Å². The van der Waals surface area contributed by atoms with Crippen molar-refractivity contribution in [2.75, 3.05) is 102 Å². The minimum absolute atomic E-state index is 0.0125. The number of pyridine rings is 4. The van der Waals surface area contributed by atoms with Gasteiger partial charge in [-0.15, -0.1) is 0 Å². The molecule has 16 heterocycles. The van der Waals surface area contributed by atoms with Gasteiger partial charge in [0.1, 0.15) is 56.8 Å². The third kappa shape index (κ3) is 24.2. The molecule has 4 saturated heterocycles. The van der Waals surface area contributed by atoms with Gasteiger partial charge in [-0.3, -0.25) is 13.5 Å². The molecule has 12 N–H and O–H groups in total. The van der Waals surface area contributed by atoms with E-state index in [4.69, 9.17) is 22.9 Å². The molecular formula is C104H117F9N24O4. The molecule has 5 saturated carbocycles. The highest BCUT2D eigenvalue weighted by molar-refractivity contribution is 5.89. The lowest BCUT2D eigenvalue weighted by Crippen LogP contribution is -2.35. The second kappa shape index (κ2) is 40.9. The van der Waals surface area contributed by atoms with Crippen molar-refractivity contribution >= 4 is 67.4 Å². The molecule has 0 aromatic carbocycles. The summed E-state index contributed by atoms with van der Waals surface area (Å²) >= 11 is 0. The molecule has 28 nitrogen and oxygen atoms in total. The number of likely N-dealkylation sites (tertiary alicyclic amines) is 4. The van der Waals surface area contributed by atoms with Crippen molar-refractivity contribution in [3.63, 3.8) is 0 Å².